The van der Waals surface area contributed by atoms with Gasteiger partial charge in [0.05, 0.1) is 25.0 Å². The van der Waals surface area contributed by atoms with E-state index in [1.54, 1.807) is 0 Å². The molecule has 0 aliphatic carbocycles. The Balaban J connectivity index is 2.07. The largest absolute Gasteiger partial charge is 0.489 e. The van der Waals surface area contributed by atoms with Gasteiger partial charge in [-0.2, -0.15) is 0 Å². The van der Waals surface area contributed by atoms with E-state index in [0.29, 0.717) is 0 Å². The Morgan fingerprint density at radius 1 is 1.32 bits per heavy atom. The minimum absolute atomic E-state index is 0.150. The fourth-order valence-electron chi connectivity index (χ4n) is 2.52. The highest BCUT2D eigenvalue weighted by Gasteiger charge is 2.16. The van der Waals surface area contributed by atoms with Crippen LogP contribution in [0, 0.1) is 0 Å². The number of morpholine rings is 1. The molecule has 0 bridgehead atoms. The standard InChI is InChI=1S/C17H28N2O3/c1-14(2)22-17-12-15(13-18-6-3-9-20)4-5-16(17)19-7-10-21-11-8-19/h4-5,12,14,18,20H,3,6-11,13H2,1-2H3. The molecule has 0 atom stereocenters. The van der Waals surface area contributed by atoms with Crippen molar-refractivity contribution in [2.75, 3.05) is 44.4 Å². The number of ether oxygens (including phenoxy) is 2. The summed E-state index contributed by atoms with van der Waals surface area (Å²) in [7, 11) is 0. The average Bonchev–Trinajstić information content (AvgIpc) is 2.52. The summed E-state index contributed by atoms with van der Waals surface area (Å²) in [6.45, 7) is 9.29. The van der Waals surface area contributed by atoms with Crippen molar-refractivity contribution in [1.82, 2.24) is 5.32 Å². The Labute approximate surface area is 133 Å². The van der Waals surface area contributed by atoms with E-state index in [-0.39, 0.29) is 12.7 Å². The summed E-state index contributed by atoms with van der Waals surface area (Å²) < 4.78 is 11.4. The summed E-state index contributed by atoms with van der Waals surface area (Å²) >= 11 is 0. The summed E-state index contributed by atoms with van der Waals surface area (Å²) in [4.78, 5) is 2.32. The zero-order chi connectivity index (χ0) is 15.8. The molecule has 5 nitrogen and oxygen atoms in total. The predicted molar refractivity (Wildman–Crippen MR) is 88.6 cm³/mol. The second-order valence-electron chi connectivity index (χ2n) is 5.82. The molecule has 1 aliphatic rings. The molecule has 1 aromatic rings. The second kappa shape index (κ2) is 8.98. The lowest BCUT2D eigenvalue weighted by Gasteiger charge is -2.31. The molecule has 1 heterocycles. The summed E-state index contributed by atoms with van der Waals surface area (Å²) in [5.41, 5.74) is 2.35. The lowest BCUT2D eigenvalue weighted by Crippen LogP contribution is -2.36. The SMILES string of the molecule is CC(C)Oc1cc(CNCCCO)ccc1N1CCOCC1. The molecule has 2 N–H and O–H groups in total. The molecular formula is C17H28N2O3. The van der Waals surface area contributed by atoms with E-state index in [9.17, 15) is 0 Å². The van der Waals surface area contributed by atoms with Crippen LogP contribution >= 0.6 is 0 Å². The van der Waals surface area contributed by atoms with Crippen molar-refractivity contribution >= 4 is 5.69 Å². The van der Waals surface area contributed by atoms with Gasteiger partial charge in [0.2, 0.25) is 0 Å². The van der Waals surface area contributed by atoms with Crippen LogP contribution in [0.25, 0.3) is 0 Å². The smallest absolute Gasteiger partial charge is 0.143 e. The number of nitrogens with zero attached hydrogens (tertiary/aromatic N) is 1. The van der Waals surface area contributed by atoms with Crippen LogP contribution in [0.2, 0.25) is 0 Å². The Morgan fingerprint density at radius 3 is 2.77 bits per heavy atom. The van der Waals surface area contributed by atoms with Crippen LogP contribution < -0.4 is 15.0 Å². The quantitative estimate of drug-likeness (QED) is 0.717. The van der Waals surface area contributed by atoms with Gasteiger partial charge in [0.15, 0.2) is 0 Å². The fraction of sp³-hybridized carbons (Fsp3) is 0.647. The van der Waals surface area contributed by atoms with Crippen LogP contribution in [0.4, 0.5) is 5.69 Å². The Morgan fingerprint density at radius 2 is 2.09 bits per heavy atom. The molecule has 124 valence electrons. The summed E-state index contributed by atoms with van der Waals surface area (Å²) in [6.07, 6.45) is 0.929. The first-order valence-corrected chi connectivity index (χ1v) is 8.14. The Kier molecular flexibility index (Phi) is 6.96. The third-order valence-electron chi connectivity index (χ3n) is 3.58. The van der Waals surface area contributed by atoms with Crippen molar-refractivity contribution in [3.05, 3.63) is 23.8 Å². The van der Waals surface area contributed by atoms with Gasteiger partial charge in [0.25, 0.3) is 0 Å². The van der Waals surface area contributed by atoms with E-state index in [2.05, 4.69) is 42.3 Å². The summed E-state index contributed by atoms with van der Waals surface area (Å²) in [6, 6.07) is 6.41. The number of nitrogens with one attached hydrogen (secondary N) is 1. The van der Waals surface area contributed by atoms with Crippen LogP contribution in [-0.2, 0) is 11.3 Å². The first-order valence-electron chi connectivity index (χ1n) is 8.14. The van der Waals surface area contributed by atoms with Crippen LogP contribution in [0.15, 0.2) is 18.2 Å². The fourth-order valence-corrected chi connectivity index (χ4v) is 2.52. The van der Waals surface area contributed by atoms with Crippen molar-refractivity contribution < 1.29 is 14.6 Å². The van der Waals surface area contributed by atoms with Gasteiger partial charge in [-0.3, -0.25) is 0 Å². The summed E-state index contributed by atoms with van der Waals surface area (Å²) in [5, 5.41) is 12.1. The number of aliphatic hydroxyl groups is 1. The van der Waals surface area contributed by atoms with E-state index in [1.807, 2.05) is 0 Å². The number of rotatable bonds is 8. The van der Waals surface area contributed by atoms with Gasteiger partial charge in [-0.05, 0) is 44.5 Å². The third kappa shape index (κ3) is 5.16. The molecule has 1 aliphatic heterocycles. The topological polar surface area (TPSA) is 54.0 Å². The molecule has 1 aromatic carbocycles. The van der Waals surface area contributed by atoms with Gasteiger partial charge in [-0.25, -0.2) is 0 Å². The molecule has 5 heteroatoms. The van der Waals surface area contributed by atoms with Crippen molar-refractivity contribution in [2.45, 2.75) is 32.9 Å². The van der Waals surface area contributed by atoms with E-state index in [0.717, 1.165) is 57.3 Å². The lowest BCUT2D eigenvalue weighted by atomic mass is 10.1. The zero-order valence-corrected chi connectivity index (χ0v) is 13.7. The predicted octanol–water partition coefficient (Wildman–Crippen LogP) is 1.78. The molecule has 22 heavy (non-hydrogen) atoms. The van der Waals surface area contributed by atoms with Gasteiger partial charge in [0.1, 0.15) is 5.75 Å². The van der Waals surface area contributed by atoms with Crippen molar-refractivity contribution in [3.8, 4) is 5.75 Å². The molecule has 2 rings (SSSR count). The average molecular weight is 308 g/mol. The lowest BCUT2D eigenvalue weighted by molar-refractivity contribution is 0.122. The Bertz CT molecular complexity index is 446. The minimum atomic E-state index is 0.150. The number of anilines is 1. The first-order chi connectivity index (χ1) is 10.7. The molecule has 0 spiro atoms. The number of hydrogen-bond donors (Lipinski definition) is 2. The van der Waals surface area contributed by atoms with Crippen molar-refractivity contribution in [3.63, 3.8) is 0 Å². The molecular weight excluding hydrogens is 280 g/mol. The van der Waals surface area contributed by atoms with Gasteiger partial charge >= 0.3 is 0 Å². The van der Waals surface area contributed by atoms with E-state index in [4.69, 9.17) is 14.6 Å². The van der Waals surface area contributed by atoms with Crippen LogP contribution in [-0.4, -0.2) is 50.7 Å². The first kappa shape index (κ1) is 17.1. The molecule has 0 amide bonds. The van der Waals surface area contributed by atoms with Crippen molar-refractivity contribution in [2.24, 2.45) is 0 Å². The van der Waals surface area contributed by atoms with Gasteiger partial charge in [-0.15, -0.1) is 0 Å². The monoisotopic (exact) mass is 308 g/mol. The van der Waals surface area contributed by atoms with E-state index in [1.165, 1.54) is 5.56 Å². The van der Waals surface area contributed by atoms with Gasteiger partial charge in [0, 0.05) is 26.2 Å². The molecule has 1 saturated heterocycles. The maximum Gasteiger partial charge on any atom is 0.143 e. The molecule has 0 unspecified atom stereocenters. The normalized spacial score (nSPS) is 15.4. The highest BCUT2D eigenvalue weighted by molar-refractivity contribution is 5.60. The molecule has 1 fully saturated rings. The minimum Gasteiger partial charge on any atom is -0.489 e. The number of aliphatic hydroxyl groups excluding tert-OH is 1. The highest BCUT2D eigenvalue weighted by atomic mass is 16.5. The van der Waals surface area contributed by atoms with Crippen LogP contribution in [0.5, 0.6) is 5.75 Å². The van der Waals surface area contributed by atoms with Gasteiger partial charge < -0.3 is 24.8 Å². The Hall–Kier alpha value is -1.30. The summed E-state index contributed by atoms with van der Waals surface area (Å²) in [5.74, 6) is 0.943. The molecule has 0 radical (unpaired) electrons. The third-order valence-corrected chi connectivity index (χ3v) is 3.58. The van der Waals surface area contributed by atoms with Crippen molar-refractivity contribution in [1.29, 1.82) is 0 Å². The molecule has 0 saturated carbocycles. The van der Waals surface area contributed by atoms with E-state index < -0.39 is 0 Å². The van der Waals surface area contributed by atoms with Gasteiger partial charge in [-0.1, -0.05) is 6.07 Å². The highest BCUT2D eigenvalue weighted by Crippen LogP contribution is 2.31. The second-order valence-corrected chi connectivity index (χ2v) is 5.82. The van der Waals surface area contributed by atoms with Crippen LogP contribution in [0.1, 0.15) is 25.8 Å². The van der Waals surface area contributed by atoms with Crippen LogP contribution in [0.3, 0.4) is 0 Å². The zero-order valence-electron chi connectivity index (χ0n) is 13.7. The maximum atomic E-state index is 8.81. The molecule has 0 aromatic heterocycles. The maximum absolute atomic E-state index is 8.81. The number of hydrogen-bond acceptors (Lipinski definition) is 5. The van der Waals surface area contributed by atoms with E-state index >= 15 is 0 Å². The number of benzene rings is 1.